The van der Waals surface area contributed by atoms with Crippen LogP contribution in [0.25, 0.3) is 10.9 Å². The molecular weight excluding hydrogens is 396 g/mol. The van der Waals surface area contributed by atoms with Gasteiger partial charge in [0.1, 0.15) is 0 Å². The van der Waals surface area contributed by atoms with Gasteiger partial charge in [-0.25, -0.2) is 4.98 Å². The topological polar surface area (TPSA) is 58.4 Å². The Bertz CT molecular complexity index is 938. The van der Waals surface area contributed by atoms with Gasteiger partial charge in [-0.2, -0.15) is 0 Å². The molecule has 1 aromatic carbocycles. The second-order valence-electron chi connectivity index (χ2n) is 6.78. The molecule has 0 saturated carbocycles. The summed E-state index contributed by atoms with van der Waals surface area (Å²) in [5.74, 6) is 0.0800. The number of halogens is 1. The van der Waals surface area contributed by atoms with Crippen LogP contribution >= 0.6 is 23.4 Å². The molecule has 28 heavy (non-hydrogen) atoms. The Morgan fingerprint density at radius 3 is 2.71 bits per heavy atom. The minimum atomic E-state index is -0.333. The third-order valence-electron chi connectivity index (χ3n) is 4.95. The number of hydrogen-bond donors (Lipinski definition) is 0. The first-order valence-electron chi connectivity index (χ1n) is 9.43. The average molecular weight is 421 g/mol. The Labute approximate surface area is 174 Å². The maximum Gasteiger partial charge on any atom is 0.262 e. The van der Waals surface area contributed by atoms with Gasteiger partial charge < -0.3 is 9.80 Å². The van der Waals surface area contributed by atoms with Crippen LogP contribution in [0.2, 0.25) is 5.02 Å². The van der Waals surface area contributed by atoms with Gasteiger partial charge in [0.15, 0.2) is 5.16 Å². The van der Waals surface area contributed by atoms with Crippen molar-refractivity contribution >= 4 is 40.2 Å². The van der Waals surface area contributed by atoms with Crippen LogP contribution in [0.15, 0.2) is 40.8 Å². The highest BCUT2D eigenvalue weighted by Gasteiger charge is 2.26. The van der Waals surface area contributed by atoms with Gasteiger partial charge in [0, 0.05) is 37.7 Å². The first-order chi connectivity index (χ1) is 13.4. The molecule has 8 heteroatoms. The summed E-state index contributed by atoms with van der Waals surface area (Å²) in [5.41, 5.74) is 0.402. The molecule has 1 fully saturated rings. The van der Waals surface area contributed by atoms with E-state index < -0.39 is 0 Å². The maximum absolute atomic E-state index is 12.9. The molecule has 6 nitrogen and oxygen atoms in total. The Kier molecular flexibility index (Phi) is 6.80. The number of carbonyl (C=O) groups excluding carboxylic acids is 1. The molecule has 0 bridgehead atoms. The summed E-state index contributed by atoms with van der Waals surface area (Å²) in [6, 6.07) is 5.07. The average Bonchev–Trinajstić information content (AvgIpc) is 2.71. The number of fused-ring (bicyclic) bond motifs is 1. The zero-order valence-electron chi connectivity index (χ0n) is 16.2. The van der Waals surface area contributed by atoms with Crippen molar-refractivity contribution in [3.05, 3.63) is 46.2 Å². The van der Waals surface area contributed by atoms with E-state index in [1.807, 2.05) is 11.8 Å². The van der Waals surface area contributed by atoms with E-state index in [0.717, 1.165) is 32.7 Å². The number of amides is 1. The first-order valence-corrected chi connectivity index (χ1v) is 10.7. The fraction of sp³-hybridized carbons (Fsp3) is 0.450. The molecule has 0 N–H and O–H groups in total. The summed E-state index contributed by atoms with van der Waals surface area (Å²) in [7, 11) is 0. The van der Waals surface area contributed by atoms with Gasteiger partial charge in [0.2, 0.25) is 5.91 Å². The van der Waals surface area contributed by atoms with E-state index in [1.54, 1.807) is 28.8 Å². The van der Waals surface area contributed by atoms with Crippen molar-refractivity contribution < 1.29 is 4.79 Å². The number of rotatable bonds is 6. The van der Waals surface area contributed by atoms with Gasteiger partial charge in [-0.15, -0.1) is 6.58 Å². The Hall–Kier alpha value is -1.83. The van der Waals surface area contributed by atoms with Crippen LogP contribution in [-0.4, -0.2) is 63.2 Å². The zero-order valence-corrected chi connectivity index (χ0v) is 17.8. The summed E-state index contributed by atoms with van der Waals surface area (Å²) in [5, 5.41) is 1.15. The lowest BCUT2D eigenvalue weighted by atomic mass is 10.2. The monoisotopic (exact) mass is 420 g/mol. The standard InChI is InChI=1S/C20H25ClN4O2S/c1-4-8-25-19(27)16-13-15(21)6-7-17(16)22-20(25)28-14(3)18(26)24-11-9-23(5-2)10-12-24/h4,6-7,13-14H,1,5,8-12H2,2-3H3/t14-/m1/s1. The molecule has 1 aliphatic rings. The van der Waals surface area contributed by atoms with Crippen molar-refractivity contribution in [1.82, 2.24) is 19.4 Å². The largest absolute Gasteiger partial charge is 0.339 e. The molecule has 1 aliphatic heterocycles. The van der Waals surface area contributed by atoms with E-state index in [4.69, 9.17) is 11.6 Å². The Morgan fingerprint density at radius 1 is 1.36 bits per heavy atom. The number of allylic oxidation sites excluding steroid dienone is 1. The van der Waals surface area contributed by atoms with Crippen molar-refractivity contribution in [3.63, 3.8) is 0 Å². The van der Waals surface area contributed by atoms with Gasteiger partial charge in [0.25, 0.3) is 5.56 Å². The molecule has 1 aromatic heterocycles. The highest BCUT2D eigenvalue weighted by atomic mass is 35.5. The lowest BCUT2D eigenvalue weighted by Gasteiger charge is -2.35. The molecule has 2 aromatic rings. The van der Waals surface area contributed by atoms with Crippen LogP contribution in [0, 0.1) is 0 Å². The van der Waals surface area contributed by atoms with Crippen molar-refractivity contribution in [3.8, 4) is 0 Å². The fourth-order valence-electron chi connectivity index (χ4n) is 3.30. The third kappa shape index (κ3) is 4.42. The number of nitrogens with zero attached hydrogens (tertiary/aromatic N) is 4. The van der Waals surface area contributed by atoms with Gasteiger partial charge in [-0.05, 0) is 31.7 Å². The molecule has 0 unspecified atom stereocenters. The molecule has 0 radical (unpaired) electrons. The third-order valence-corrected chi connectivity index (χ3v) is 6.27. The summed E-state index contributed by atoms with van der Waals surface area (Å²) >= 11 is 7.36. The van der Waals surface area contributed by atoms with Crippen LogP contribution < -0.4 is 5.56 Å². The zero-order chi connectivity index (χ0) is 20.3. The molecule has 3 rings (SSSR count). The number of aromatic nitrogens is 2. The second-order valence-corrected chi connectivity index (χ2v) is 8.52. The minimum absolute atomic E-state index is 0.0800. The number of likely N-dealkylation sites (N-methyl/N-ethyl adjacent to an activating group) is 1. The van der Waals surface area contributed by atoms with Crippen molar-refractivity contribution in [1.29, 1.82) is 0 Å². The number of hydrogen-bond acceptors (Lipinski definition) is 5. The number of benzene rings is 1. The predicted octanol–water partition coefficient (Wildman–Crippen LogP) is 2.88. The molecule has 2 heterocycles. The number of carbonyl (C=O) groups is 1. The molecule has 1 amide bonds. The van der Waals surface area contributed by atoms with E-state index in [1.165, 1.54) is 11.8 Å². The quantitative estimate of drug-likeness (QED) is 0.408. The van der Waals surface area contributed by atoms with Crippen molar-refractivity contribution in [2.75, 3.05) is 32.7 Å². The molecule has 1 saturated heterocycles. The molecular formula is C20H25ClN4O2S. The smallest absolute Gasteiger partial charge is 0.262 e. The van der Waals surface area contributed by atoms with Crippen LogP contribution in [-0.2, 0) is 11.3 Å². The Balaban J connectivity index is 1.85. The Morgan fingerprint density at radius 2 is 2.07 bits per heavy atom. The second kappa shape index (κ2) is 9.11. The highest BCUT2D eigenvalue weighted by Crippen LogP contribution is 2.25. The van der Waals surface area contributed by atoms with Crippen LogP contribution in [0.5, 0.6) is 0 Å². The number of piperazine rings is 1. The van der Waals surface area contributed by atoms with Crippen molar-refractivity contribution in [2.24, 2.45) is 0 Å². The molecule has 150 valence electrons. The molecule has 0 spiro atoms. The first kappa shape index (κ1) is 20.9. The van der Waals surface area contributed by atoms with Crippen LogP contribution in [0.3, 0.4) is 0 Å². The van der Waals surface area contributed by atoms with Gasteiger partial charge in [-0.3, -0.25) is 14.2 Å². The lowest BCUT2D eigenvalue weighted by molar-refractivity contribution is -0.132. The van der Waals surface area contributed by atoms with E-state index in [9.17, 15) is 9.59 Å². The maximum atomic E-state index is 12.9. The van der Waals surface area contributed by atoms with Crippen molar-refractivity contribution in [2.45, 2.75) is 30.8 Å². The highest BCUT2D eigenvalue weighted by molar-refractivity contribution is 8.00. The SMILES string of the molecule is C=CCn1c(S[C@H](C)C(=O)N2CCN(CC)CC2)nc2ccc(Cl)cc2c1=O. The van der Waals surface area contributed by atoms with E-state index in [0.29, 0.717) is 27.6 Å². The lowest BCUT2D eigenvalue weighted by Crippen LogP contribution is -2.50. The van der Waals surface area contributed by atoms with Gasteiger partial charge >= 0.3 is 0 Å². The van der Waals surface area contributed by atoms with E-state index in [2.05, 4.69) is 23.4 Å². The van der Waals surface area contributed by atoms with E-state index >= 15 is 0 Å². The molecule has 1 atom stereocenters. The summed E-state index contributed by atoms with van der Waals surface area (Å²) in [4.78, 5) is 34.7. The molecule has 0 aliphatic carbocycles. The van der Waals surface area contributed by atoms with Crippen LogP contribution in [0.4, 0.5) is 0 Å². The van der Waals surface area contributed by atoms with E-state index in [-0.39, 0.29) is 16.7 Å². The summed E-state index contributed by atoms with van der Waals surface area (Å²) in [6.07, 6.45) is 1.65. The van der Waals surface area contributed by atoms with Crippen LogP contribution in [0.1, 0.15) is 13.8 Å². The summed E-state index contributed by atoms with van der Waals surface area (Å²) < 4.78 is 1.55. The number of thioether (sulfide) groups is 1. The fourth-order valence-corrected chi connectivity index (χ4v) is 4.48. The summed E-state index contributed by atoms with van der Waals surface area (Å²) in [6.45, 7) is 12.3. The normalized spacial score (nSPS) is 16.3. The minimum Gasteiger partial charge on any atom is -0.339 e. The van der Waals surface area contributed by atoms with Gasteiger partial charge in [0.05, 0.1) is 16.2 Å². The van der Waals surface area contributed by atoms with Gasteiger partial charge in [-0.1, -0.05) is 36.4 Å². The predicted molar refractivity (Wildman–Crippen MR) is 115 cm³/mol.